The Labute approximate surface area is 280 Å². The molecule has 6 nitrogen and oxygen atoms in total. The van der Waals surface area contributed by atoms with Crippen molar-refractivity contribution < 1.29 is 45.5 Å². The van der Waals surface area contributed by atoms with Crippen molar-refractivity contribution in [1.82, 2.24) is 0 Å². The summed E-state index contributed by atoms with van der Waals surface area (Å²) in [7, 11) is 0. The summed E-state index contributed by atoms with van der Waals surface area (Å²) in [4.78, 5) is 38.7. The lowest BCUT2D eigenvalue weighted by Crippen LogP contribution is -2.25. The number of benzene rings is 3. The highest BCUT2D eigenvalue weighted by Crippen LogP contribution is 2.65. The van der Waals surface area contributed by atoms with Crippen molar-refractivity contribution in [2.75, 3.05) is 17.2 Å². The fourth-order valence-electron chi connectivity index (χ4n) is 4.81. The van der Waals surface area contributed by atoms with E-state index in [-0.39, 0.29) is 34.4 Å². The monoisotopic (exact) mass is 722 g/mol. The molecule has 1 aliphatic rings. The molecule has 3 aromatic carbocycles. The van der Waals surface area contributed by atoms with Gasteiger partial charge in [0.1, 0.15) is 22.1 Å². The standard InChI is InChI=1S/C32H27Cl3F6N2O4/c1-14(2)13-47-15(3)25(44)12-19-22(36)8-9-24(28(19)38)43-29(45)18-11-17(5-6-21(18)33)42-30(46)27-26(31(27,34)35)16-4-7-23(37)20(10-16)32(39,40)41/h4-11,14-15,26-27H,12-13H2,1-3H3,(H,42,46)(H,43,45)/t15?,26-,27+/m0/s1. The van der Waals surface area contributed by atoms with Crippen molar-refractivity contribution in [2.45, 2.75) is 49.7 Å². The van der Waals surface area contributed by atoms with E-state index in [1.54, 1.807) is 0 Å². The van der Waals surface area contributed by atoms with E-state index in [2.05, 4.69) is 10.6 Å². The van der Waals surface area contributed by atoms with Crippen LogP contribution in [0.4, 0.5) is 37.7 Å². The van der Waals surface area contributed by atoms with Gasteiger partial charge in [-0.2, -0.15) is 13.2 Å². The molecule has 15 heteroatoms. The van der Waals surface area contributed by atoms with Gasteiger partial charge in [-0.1, -0.05) is 31.5 Å². The number of halogens is 9. The van der Waals surface area contributed by atoms with E-state index in [1.807, 2.05) is 13.8 Å². The van der Waals surface area contributed by atoms with Crippen molar-refractivity contribution in [1.29, 1.82) is 0 Å². The zero-order chi connectivity index (χ0) is 35.0. The molecule has 1 aliphatic carbocycles. The van der Waals surface area contributed by atoms with Gasteiger partial charge in [-0.3, -0.25) is 14.4 Å². The van der Waals surface area contributed by atoms with Gasteiger partial charge in [0.05, 0.1) is 27.8 Å². The number of Topliss-reactive ketones (excluding diaryl/α,β-unsaturated/α-hetero) is 1. The molecule has 3 aromatic rings. The number of hydrogen-bond acceptors (Lipinski definition) is 4. The minimum absolute atomic E-state index is 0.00401. The summed E-state index contributed by atoms with van der Waals surface area (Å²) in [6.45, 7) is 5.49. The molecule has 0 heterocycles. The quantitative estimate of drug-likeness (QED) is 0.153. The van der Waals surface area contributed by atoms with Crippen LogP contribution < -0.4 is 10.6 Å². The Morgan fingerprint density at radius 1 is 0.936 bits per heavy atom. The summed E-state index contributed by atoms with van der Waals surface area (Å²) in [6.07, 6.45) is -6.55. The van der Waals surface area contributed by atoms with Gasteiger partial charge in [0.25, 0.3) is 5.91 Å². The maximum absolute atomic E-state index is 15.3. The van der Waals surface area contributed by atoms with Crippen LogP contribution in [0, 0.1) is 29.3 Å². The third-order valence-electron chi connectivity index (χ3n) is 7.39. The lowest BCUT2D eigenvalue weighted by atomic mass is 10.0. The Morgan fingerprint density at radius 3 is 2.23 bits per heavy atom. The van der Waals surface area contributed by atoms with Crippen LogP contribution in [-0.4, -0.2) is 34.6 Å². The number of alkyl halides is 5. The van der Waals surface area contributed by atoms with Crippen LogP contribution in [0.1, 0.15) is 53.7 Å². The second-order valence-corrected chi connectivity index (χ2v) is 13.3. The van der Waals surface area contributed by atoms with Gasteiger partial charge in [0.2, 0.25) is 5.91 Å². The highest BCUT2D eigenvalue weighted by molar-refractivity contribution is 6.53. The largest absolute Gasteiger partial charge is 0.419 e. The number of rotatable bonds is 11. The van der Waals surface area contributed by atoms with E-state index >= 15 is 4.39 Å². The minimum Gasteiger partial charge on any atom is -0.370 e. The summed E-state index contributed by atoms with van der Waals surface area (Å²) in [6, 6.07) is 7.71. The number of nitrogens with one attached hydrogen (secondary N) is 2. The molecule has 47 heavy (non-hydrogen) atoms. The van der Waals surface area contributed by atoms with E-state index in [4.69, 9.17) is 39.5 Å². The summed E-state index contributed by atoms with van der Waals surface area (Å²) in [5, 5.41) is 4.62. The first-order chi connectivity index (χ1) is 21.8. The number of carbonyl (C=O) groups excluding carboxylic acids is 3. The van der Waals surface area contributed by atoms with E-state index in [9.17, 15) is 36.3 Å². The van der Waals surface area contributed by atoms with E-state index in [0.29, 0.717) is 12.1 Å². The fraction of sp³-hybridized carbons (Fsp3) is 0.344. The molecule has 1 saturated carbocycles. The average Bonchev–Trinajstić information content (AvgIpc) is 3.57. The van der Waals surface area contributed by atoms with Gasteiger partial charge in [0, 0.05) is 30.2 Å². The first kappa shape index (κ1) is 36.5. The van der Waals surface area contributed by atoms with Gasteiger partial charge in [-0.15, -0.1) is 23.2 Å². The molecule has 2 amide bonds. The summed E-state index contributed by atoms with van der Waals surface area (Å²) < 4.78 is 86.9. The maximum Gasteiger partial charge on any atom is 0.419 e. The molecule has 2 N–H and O–H groups in total. The van der Waals surface area contributed by atoms with E-state index < -0.39 is 86.7 Å². The molecular formula is C32H27Cl3F6N2O4. The number of carbonyl (C=O) groups is 3. The second kappa shape index (κ2) is 14.0. The highest BCUT2D eigenvalue weighted by Gasteiger charge is 2.67. The molecule has 1 fully saturated rings. The number of anilines is 2. The number of amides is 2. The molecule has 1 unspecified atom stereocenters. The van der Waals surface area contributed by atoms with Gasteiger partial charge in [-0.05, 0) is 60.9 Å². The molecule has 3 atom stereocenters. The lowest BCUT2D eigenvalue weighted by molar-refractivity contribution is -0.140. The topological polar surface area (TPSA) is 84.5 Å². The number of ether oxygens (including phenoxy) is 1. The number of ketones is 1. The van der Waals surface area contributed by atoms with Crippen molar-refractivity contribution >= 4 is 63.8 Å². The maximum atomic E-state index is 15.3. The SMILES string of the molecule is CC(C)COC(C)C(=O)Cc1c(F)ccc(NC(=O)c2cc(NC(=O)[C@H]3[C@H](c4ccc(F)c(C(F)(F)F)c4)C3(Cl)Cl)ccc2Cl)c1F. The molecule has 0 aliphatic heterocycles. The Balaban J connectivity index is 1.49. The molecule has 4 rings (SSSR count). The van der Waals surface area contributed by atoms with Crippen LogP contribution in [-0.2, 0) is 26.9 Å². The third-order valence-corrected chi connectivity index (χ3v) is 8.66. The van der Waals surface area contributed by atoms with Gasteiger partial charge < -0.3 is 15.4 Å². The lowest BCUT2D eigenvalue weighted by Gasteiger charge is -2.15. The van der Waals surface area contributed by atoms with Gasteiger partial charge in [0.15, 0.2) is 11.6 Å². The van der Waals surface area contributed by atoms with Crippen LogP contribution >= 0.6 is 34.8 Å². The smallest absolute Gasteiger partial charge is 0.370 e. The first-order valence-electron chi connectivity index (χ1n) is 14.1. The second-order valence-electron chi connectivity index (χ2n) is 11.4. The third kappa shape index (κ3) is 8.22. The molecule has 0 saturated heterocycles. The van der Waals surface area contributed by atoms with Crippen LogP contribution in [0.25, 0.3) is 0 Å². The first-order valence-corrected chi connectivity index (χ1v) is 15.2. The normalized spacial score (nSPS) is 17.7. The van der Waals surface area contributed by atoms with Crippen molar-refractivity contribution in [3.8, 4) is 0 Å². The van der Waals surface area contributed by atoms with Crippen LogP contribution in [0.2, 0.25) is 5.02 Å². The van der Waals surface area contributed by atoms with Crippen molar-refractivity contribution in [3.63, 3.8) is 0 Å². The fourth-order valence-corrected chi connectivity index (χ4v) is 5.84. The molecular weight excluding hydrogens is 697 g/mol. The highest BCUT2D eigenvalue weighted by atomic mass is 35.5. The summed E-state index contributed by atoms with van der Waals surface area (Å²) in [5.41, 5.74) is -2.93. The Morgan fingerprint density at radius 2 is 1.60 bits per heavy atom. The van der Waals surface area contributed by atoms with Crippen molar-refractivity contribution in [2.24, 2.45) is 11.8 Å². The minimum atomic E-state index is -5.00. The predicted octanol–water partition coefficient (Wildman–Crippen LogP) is 8.73. The summed E-state index contributed by atoms with van der Waals surface area (Å²) in [5.74, 6) is -8.28. The van der Waals surface area contributed by atoms with Crippen LogP contribution in [0.3, 0.4) is 0 Å². The molecule has 0 bridgehead atoms. The predicted molar refractivity (Wildman–Crippen MR) is 165 cm³/mol. The van der Waals surface area contributed by atoms with Gasteiger partial charge >= 0.3 is 6.18 Å². The van der Waals surface area contributed by atoms with E-state index in [1.165, 1.54) is 19.1 Å². The molecule has 0 aromatic heterocycles. The Kier molecular flexibility index (Phi) is 10.9. The molecule has 0 spiro atoms. The van der Waals surface area contributed by atoms with Crippen molar-refractivity contribution in [3.05, 3.63) is 93.3 Å². The zero-order valence-corrected chi connectivity index (χ0v) is 27.1. The Bertz CT molecular complexity index is 1720. The van der Waals surface area contributed by atoms with E-state index in [0.717, 1.165) is 24.3 Å². The van der Waals surface area contributed by atoms with Gasteiger partial charge in [-0.25, -0.2) is 13.2 Å². The average molecular weight is 724 g/mol. The molecule has 252 valence electrons. The zero-order valence-electron chi connectivity index (χ0n) is 24.9. The Hall–Kier alpha value is -3.32. The van der Waals surface area contributed by atoms with Crippen LogP contribution in [0.5, 0.6) is 0 Å². The number of hydrogen-bond donors (Lipinski definition) is 2. The van der Waals surface area contributed by atoms with Crippen LogP contribution in [0.15, 0.2) is 48.5 Å². The summed E-state index contributed by atoms with van der Waals surface area (Å²) >= 11 is 18.7. The molecule has 0 radical (unpaired) electrons.